The number of hydrogen-bond acceptors (Lipinski definition) is 4. The third kappa shape index (κ3) is 2.29. The first-order valence-electron chi connectivity index (χ1n) is 4.89. The number of hydrogen-bond donors (Lipinski definition) is 2. The summed E-state index contributed by atoms with van der Waals surface area (Å²) in [5, 5.41) is 9.65. The monoisotopic (exact) mass is 356 g/mol. The van der Waals surface area contributed by atoms with Crippen LogP contribution in [0.25, 0.3) is 0 Å². The lowest BCUT2D eigenvalue weighted by Gasteiger charge is -2.16. The number of rotatable bonds is 2. The van der Waals surface area contributed by atoms with E-state index in [0.29, 0.717) is 4.43 Å². The highest BCUT2D eigenvalue weighted by molar-refractivity contribution is 14.1. The van der Waals surface area contributed by atoms with E-state index in [9.17, 15) is 19.1 Å². The topological polar surface area (TPSA) is 84.3 Å². The van der Waals surface area contributed by atoms with Gasteiger partial charge in [0.25, 0.3) is 5.56 Å². The number of aromatic amines is 1. The first kappa shape index (κ1) is 12.7. The van der Waals surface area contributed by atoms with Gasteiger partial charge in [-0.25, -0.2) is 9.18 Å². The first-order chi connectivity index (χ1) is 8.04. The molecular weight excluding hydrogens is 346 g/mol. The molecule has 94 valence electrons. The number of alkyl halides is 2. The Balaban J connectivity index is 2.35. The van der Waals surface area contributed by atoms with Gasteiger partial charge in [-0.15, -0.1) is 0 Å². The Kier molecular flexibility index (Phi) is 3.64. The predicted molar refractivity (Wildman–Crippen MR) is 65.0 cm³/mol. The highest BCUT2D eigenvalue weighted by atomic mass is 127. The zero-order valence-corrected chi connectivity index (χ0v) is 10.7. The van der Waals surface area contributed by atoms with E-state index in [-0.39, 0.29) is 0 Å². The van der Waals surface area contributed by atoms with Crippen molar-refractivity contribution in [1.82, 2.24) is 9.55 Å². The van der Waals surface area contributed by atoms with Crippen molar-refractivity contribution in [1.29, 1.82) is 0 Å². The van der Waals surface area contributed by atoms with Gasteiger partial charge in [0.1, 0.15) is 12.2 Å². The van der Waals surface area contributed by atoms with Crippen molar-refractivity contribution >= 4 is 22.6 Å². The van der Waals surface area contributed by atoms with E-state index in [4.69, 9.17) is 4.74 Å². The molecule has 1 aromatic heterocycles. The van der Waals surface area contributed by atoms with Crippen molar-refractivity contribution in [3.63, 3.8) is 0 Å². The van der Waals surface area contributed by atoms with Gasteiger partial charge in [0.05, 0.1) is 0 Å². The molecule has 1 aromatic rings. The van der Waals surface area contributed by atoms with E-state index >= 15 is 0 Å². The van der Waals surface area contributed by atoms with E-state index in [1.807, 2.05) is 27.6 Å². The smallest absolute Gasteiger partial charge is 0.330 e. The molecule has 2 rings (SSSR count). The van der Waals surface area contributed by atoms with Gasteiger partial charge >= 0.3 is 5.69 Å². The highest BCUT2D eigenvalue weighted by Gasteiger charge is 2.44. The molecule has 0 spiro atoms. The minimum absolute atomic E-state index is 0.366. The zero-order chi connectivity index (χ0) is 12.6. The van der Waals surface area contributed by atoms with Crippen LogP contribution < -0.4 is 11.2 Å². The van der Waals surface area contributed by atoms with Crippen molar-refractivity contribution in [2.75, 3.05) is 4.43 Å². The first-order valence-corrected chi connectivity index (χ1v) is 6.42. The molecule has 0 unspecified atom stereocenters. The maximum atomic E-state index is 13.6. The molecule has 17 heavy (non-hydrogen) atoms. The Morgan fingerprint density at radius 2 is 2.29 bits per heavy atom. The summed E-state index contributed by atoms with van der Waals surface area (Å²) in [6, 6.07) is 1.11. The normalized spacial score (nSPS) is 32.9. The molecule has 1 aliphatic rings. The minimum Gasteiger partial charge on any atom is -0.385 e. The van der Waals surface area contributed by atoms with Crippen molar-refractivity contribution in [2.24, 2.45) is 0 Å². The standard InChI is InChI=1S/C9H10FIN2O4/c10-6-4(3-11)17-8(7(6)15)13-2-1-5(14)12-9(13)16/h1-2,4,6-8,15H,3H2,(H,12,14,16)/t4-,6-,7-,8-/m1/s1. The number of aromatic nitrogens is 2. The third-order valence-electron chi connectivity index (χ3n) is 2.57. The molecule has 1 saturated heterocycles. The molecule has 2 heterocycles. The Labute approximate surface area is 109 Å². The molecule has 0 amide bonds. The van der Waals surface area contributed by atoms with Crippen LogP contribution in [0.2, 0.25) is 0 Å². The van der Waals surface area contributed by atoms with Crippen molar-refractivity contribution in [2.45, 2.75) is 24.6 Å². The van der Waals surface area contributed by atoms with E-state index in [0.717, 1.165) is 10.6 Å². The summed E-state index contributed by atoms with van der Waals surface area (Å²) < 4.78 is 20.2. The second-order valence-corrected chi connectivity index (χ2v) is 4.55. The highest BCUT2D eigenvalue weighted by Crippen LogP contribution is 2.31. The van der Waals surface area contributed by atoms with Crippen LogP contribution in [0, 0.1) is 0 Å². The van der Waals surface area contributed by atoms with E-state index in [1.165, 1.54) is 6.20 Å². The fourth-order valence-corrected chi connectivity index (χ4v) is 2.38. The quantitative estimate of drug-likeness (QED) is 0.556. The molecule has 0 saturated carbocycles. The van der Waals surface area contributed by atoms with Crippen molar-refractivity contribution in [3.05, 3.63) is 33.1 Å². The molecule has 8 heteroatoms. The van der Waals surface area contributed by atoms with Crippen LogP contribution in [0.4, 0.5) is 4.39 Å². The SMILES string of the molecule is O=c1ccn([C@@H]2O[C@H](CI)[C@@H](F)[C@H]2O)c(=O)[nH]1. The number of ether oxygens (including phenoxy) is 1. The lowest BCUT2D eigenvalue weighted by atomic mass is 10.2. The van der Waals surface area contributed by atoms with Gasteiger partial charge in [-0.2, -0.15) is 0 Å². The van der Waals surface area contributed by atoms with Crippen LogP contribution in [-0.2, 0) is 4.74 Å². The number of halogens is 2. The van der Waals surface area contributed by atoms with Crippen LogP contribution in [-0.4, -0.2) is 37.5 Å². The van der Waals surface area contributed by atoms with Gasteiger partial charge in [-0.1, -0.05) is 22.6 Å². The number of nitrogens with one attached hydrogen (secondary N) is 1. The molecule has 0 aromatic carbocycles. The summed E-state index contributed by atoms with van der Waals surface area (Å²) in [7, 11) is 0. The van der Waals surface area contributed by atoms with E-state index in [1.54, 1.807) is 0 Å². The molecule has 6 nitrogen and oxygen atoms in total. The van der Waals surface area contributed by atoms with Gasteiger partial charge in [-0.05, 0) is 0 Å². The lowest BCUT2D eigenvalue weighted by molar-refractivity contribution is -0.0331. The second-order valence-electron chi connectivity index (χ2n) is 3.67. The molecule has 2 N–H and O–H groups in total. The predicted octanol–water partition coefficient (Wildman–Crippen LogP) is -0.432. The van der Waals surface area contributed by atoms with Crippen LogP contribution in [0.1, 0.15) is 6.23 Å². The number of nitrogens with zero attached hydrogens (tertiary/aromatic N) is 1. The van der Waals surface area contributed by atoms with Gasteiger partial charge in [0.2, 0.25) is 0 Å². The second kappa shape index (κ2) is 4.86. The molecule has 1 fully saturated rings. The molecule has 0 bridgehead atoms. The molecule has 0 radical (unpaired) electrons. The van der Waals surface area contributed by atoms with Crippen LogP contribution >= 0.6 is 22.6 Å². The Morgan fingerprint density at radius 1 is 1.59 bits per heavy atom. The van der Waals surface area contributed by atoms with Gasteiger partial charge < -0.3 is 9.84 Å². The summed E-state index contributed by atoms with van der Waals surface area (Å²) in [6.07, 6.45) is -3.64. The molecule has 4 atom stereocenters. The van der Waals surface area contributed by atoms with Gasteiger partial charge in [-0.3, -0.25) is 14.3 Å². The average Bonchev–Trinajstić information content (AvgIpc) is 2.57. The third-order valence-corrected chi connectivity index (χ3v) is 3.43. The lowest BCUT2D eigenvalue weighted by Crippen LogP contribution is -2.36. The number of aliphatic hydroxyl groups excluding tert-OH is 1. The van der Waals surface area contributed by atoms with Gasteiger partial charge in [0, 0.05) is 16.7 Å². The summed E-state index contributed by atoms with van der Waals surface area (Å²) in [4.78, 5) is 24.4. The van der Waals surface area contributed by atoms with Crippen LogP contribution in [0.15, 0.2) is 21.9 Å². The molecular formula is C9H10FIN2O4. The van der Waals surface area contributed by atoms with Crippen LogP contribution in [0.3, 0.4) is 0 Å². The van der Waals surface area contributed by atoms with E-state index in [2.05, 4.69) is 0 Å². The summed E-state index contributed by atoms with van der Waals surface area (Å²) in [5.74, 6) is 0. The molecule has 0 aliphatic carbocycles. The summed E-state index contributed by atoms with van der Waals surface area (Å²) in [5.41, 5.74) is -1.29. The summed E-state index contributed by atoms with van der Waals surface area (Å²) in [6.45, 7) is 0. The Hall–Kier alpha value is -0.740. The maximum absolute atomic E-state index is 13.6. The fourth-order valence-electron chi connectivity index (χ4n) is 1.69. The van der Waals surface area contributed by atoms with E-state index < -0.39 is 35.9 Å². The zero-order valence-electron chi connectivity index (χ0n) is 8.55. The molecule has 1 aliphatic heterocycles. The largest absolute Gasteiger partial charge is 0.385 e. The fraction of sp³-hybridized carbons (Fsp3) is 0.556. The minimum atomic E-state index is -1.55. The number of aliphatic hydroxyl groups is 1. The maximum Gasteiger partial charge on any atom is 0.330 e. The average molecular weight is 356 g/mol. The van der Waals surface area contributed by atoms with Crippen LogP contribution in [0.5, 0.6) is 0 Å². The van der Waals surface area contributed by atoms with Crippen molar-refractivity contribution in [3.8, 4) is 0 Å². The Morgan fingerprint density at radius 3 is 2.82 bits per heavy atom. The number of H-pyrrole nitrogens is 1. The van der Waals surface area contributed by atoms with Crippen molar-refractivity contribution < 1.29 is 14.2 Å². The summed E-state index contributed by atoms with van der Waals surface area (Å²) >= 11 is 1.94. The Bertz CT molecular complexity index is 516. The van der Waals surface area contributed by atoms with Gasteiger partial charge in [0.15, 0.2) is 12.4 Å².